The van der Waals surface area contributed by atoms with Crippen molar-refractivity contribution >= 4 is 11.6 Å². The van der Waals surface area contributed by atoms with Crippen LogP contribution in [0, 0.1) is 0 Å². The van der Waals surface area contributed by atoms with E-state index in [9.17, 15) is 4.79 Å². The summed E-state index contributed by atoms with van der Waals surface area (Å²) in [5, 5.41) is 10.9. The van der Waals surface area contributed by atoms with E-state index in [0.717, 1.165) is 45.4 Å². The molecular weight excluding hydrogens is 338 g/mol. The molecule has 144 valence electrons. The Bertz CT molecular complexity index is 765. The zero-order valence-electron chi connectivity index (χ0n) is 15.9. The summed E-state index contributed by atoms with van der Waals surface area (Å²) < 4.78 is 1.86. The summed E-state index contributed by atoms with van der Waals surface area (Å²) in [4.78, 5) is 14.8. The molecule has 1 saturated heterocycles. The molecule has 1 amide bonds. The zero-order chi connectivity index (χ0) is 18.5. The maximum atomic E-state index is 12.3. The predicted octanol–water partition coefficient (Wildman–Crippen LogP) is 1.92. The highest BCUT2D eigenvalue weighted by Gasteiger charge is 2.20. The minimum atomic E-state index is 0.0468. The van der Waals surface area contributed by atoms with Gasteiger partial charge in [-0.05, 0) is 49.9 Å². The topological polar surface area (TPSA) is 62.2 Å². The van der Waals surface area contributed by atoms with Gasteiger partial charge in [0, 0.05) is 49.7 Å². The molecule has 6 heteroatoms. The first-order valence-electron chi connectivity index (χ1n) is 10.1. The van der Waals surface area contributed by atoms with Crippen LogP contribution >= 0.6 is 0 Å². The molecule has 2 N–H and O–H groups in total. The van der Waals surface area contributed by atoms with E-state index in [1.165, 1.54) is 23.4 Å². The molecule has 4 rings (SSSR count). The lowest BCUT2D eigenvalue weighted by Gasteiger charge is -2.23. The lowest BCUT2D eigenvalue weighted by Crippen LogP contribution is -2.33. The van der Waals surface area contributed by atoms with Gasteiger partial charge in [-0.15, -0.1) is 0 Å². The first-order valence-corrected chi connectivity index (χ1v) is 10.1. The van der Waals surface area contributed by atoms with Gasteiger partial charge >= 0.3 is 0 Å². The number of anilines is 1. The molecule has 1 atom stereocenters. The Balaban J connectivity index is 1.21. The van der Waals surface area contributed by atoms with Crippen LogP contribution in [0.4, 0.5) is 5.69 Å². The Hall–Kier alpha value is -2.34. The van der Waals surface area contributed by atoms with Crippen molar-refractivity contribution in [1.29, 1.82) is 0 Å². The van der Waals surface area contributed by atoms with Crippen LogP contribution in [0.1, 0.15) is 36.4 Å². The summed E-state index contributed by atoms with van der Waals surface area (Å²) in [5.41, 5.74) is 3.96. The Kier molecular flexibility index (Phi) is 5.72. The van der Waals surface area contributed by atoms with E-state index in [0.29, 0.717) is 19.0 Å². The highest BCUT2D eigenvalue weighted by atomic mass is 16.2. The average Bonchev–Trinajstić information content (AvgIpc) is 3.33. The third-order valence-corrected chi connectivity index (χ3v) is 5.67. The highest BCUT2D eigenvalue weighted by molar-refractivity contribution is 5.75. The van der Waals surface area contributed by atoms with Gasteiger partial charge in [-0.2, -0.15) is 5.10 Å². The highest BCUT2D eigenvalue weighted by Crippen LogP contribution is 2.27. The number of nitrogens with one attached hydrogen (secondary N) is 2. The second-order valence-electron chi connectivity index (χ2n) is 7.53. The number of para-hydroxylation sites is 1. The lowest BCUT2D eigenvalue weighted by molar-refractivity contribution is -0.121. The summed E-state index contributed by atoms with van der Waals surface area (Å²) in [5.74, 6) is 0.509. The van der Waals surface area contributed by atoms with Gasteiger partial charge in [0.25, 0.3) is 0 Å². The molecule has 27 heavy (non-hydrogen) atoms. The third kappa shape index (κ3) is 4.33. The molecule has 3 heterocycles. The first kappa shape index (κ1) is 18.0. The van der Waals surface area contributed by atoms with Crippen LogP contribution in [-0.2, 0) is 17.8 Å². The molecule has 2 aliphatic heterocycles. The molecule has 2 aromatic rings. The summed E-state index contributed by atoms with van der Waals surface area (Å²) >= 11 is 0. The Morgan fingerprint density at radius 2 is 2.22 bits per heavy atom. The number of benzene rings is 1. The number of piperidine rings is 1. The van der Waals surface area contributed by atoms with Crippen LogP contribution in [0.5, 0.6) is 0 Å². The Labute approximate surface area is 160 Å². The van der Waals surface area contributed by atoms with Gasteiger partial charge in [0.1, 0.15) is 6.54 Å². The van der Waals surface area contributed by atoms with E-state index >= 15 is 0 Å². The second-order valence-corrected chi connectivity index (χ2v) is 7.53. The number of hydrogen-bond acceptors (Lipinski definition) is 4. The van der Waals surface area contributed by atoms with Crippen LogP contribution in [0.15, 0.2) is 36.5 Å². The van der Waals surface area contributed by atoms with Crippen molar-refractivity contribution in [3.05, 3.63) is 47.8 Å². The molecule has 0 spiro atoms. The SMILES string of the molecule is O=C(Cn1nccc1[C@@H]1CCCNC1)NCCCN1CCc2ccccc21. The zero-order valence-corrected chi connectivity index (χ0v) is 15.9. The van der Waals surface area contributed by atoms with Gasteiger partial charge < -0.3 is 15.5 Å². The second kappa shape index (κ2) is 8.57. The predicted molar refractivity (Wildman–Crippen MR) is 107 cm³/mol. The average molecular weight is 367 g/mol. The van der Waals surface area contributed by atoms with Crippen LogP contribution < -0.4 is 15.5 Å². The van der Waals surface area contributed by atoms with E-state index in [1.807, 2.05) is 10.9 Å². The van der Waals surface area contributed by atoms with Gasteiger partial charge in [0.2, 0.25) is 5.91 Å². The molecule has 6 nitrogen and oxygen atoms in total. The quantitative estimate of drug-likeness (QED) is 0.734. The first-order chi connectivity index (χ1) is 13.3. The van der Waals surface area contributed by atoms with Crippen molar-refractivity contribution in [2.75, 3.05) is 37.6 Å². The van der Waals surface area contributed by atoms with Crippen molar-refractivity contribution in [2.45, 2.75) is 38.1 Å². The number of aromatic nitrogens is 2. The molecule has 0 radical (unpaired) electrons. The van der Waals surface area contributed by atoms with Crippen LogP contribution in [0.3, 0.4) is 0 Å². The number of carbonyl (C=O) groups excluding carboxylic acids is 1. The Morgan fingerprint density at radius 1 is 1.30 bits per heavy atom. The molecule has 1 fully saturated rings. The van der Waals surface area contributed by atoms with Crippen LogP contribution in [0.25, 0.3) is 0 Å². The molecule has 2 aliphatic rings. The lowest BCUT2D eigenvalue weighted by atomic mass is 9.96. The standard InChI is InChI=1S/C21H29N5O/c27-21(16-26-20(8-12-24-26)18-6-3-10-22-15-18)23-11-4-13-25-14-9-17-5-1-2-7-19(17)25/h1-2,5,7-8,12,18,22H,3-4,6,9-11,13-16H2,(H,23,27)/t18-/m1/s1. The largest absolute Gasteiger partial charge is 0.371 e. The van der Waals surface area contributed by atoms with Gasteiger partial charge in [-0.1, -0.05) is 18.2 Å². The Morgan fingerprint density at radius 3 is 3.11 bits per heavy atom. The normalized spacial score (nSPS) is 19.1. The number of amides is 1. The minimum absolute atomic E-state index is 0.0468. The number of fused-ring (bicyclic) bond motifs is 1. The summed E-state index contributed by atoms with van der Waals surface area (Å²) in [6.07, 6.45) is 6.24. The number of carbonyl (C=O) groups is 1. The molecule has 0 aliphatic carbocycles. The van der Waals surface area contributed by atoms with E-state index in [-0.39, 0.29) is 5.91 Å². The van der Waals surface area contributed by atoms with Gasteiger partial charge in [0.15, 0.2) is 0 Å². The molecule has 1 aromatic carbocycles. The fourth-order valence-corrected chi connectivity index (χ4v) is 4.25. The molecular formula is C21H29N5O. The molecule has 0 saturated carbocycles. The summed E-state index contributed by atoms with van der Waals surface area (Å²) in [7, 11) is 0. The van der Waals surface area contributed by atoms with E-state index in [2.05, 4.69) is 51.0 Å². The maximum Gasteiger partial charge on any atom is 0.241 e. The molecule has 0 unspecified atom stereocenters. The molecule has 0 bridgehead atoms. The van der Waals surface area contributed by atoms with Gasteiger partial charge in [0.05, 0.1) is 0 Å². The number of hydrogen-bond donors (Lipinski definition) is 2. The minimum Gasteiger partial charge on any atom is -0.371 e. The fourth-order valence-electron chi connectivity index (χ4n) is 4.25. The molecule has 1 aromatic heterocycles. The van der Waals surface area contributed by atoms with Crippen LogP contribution in [0.2, 0.25) is 0 Å². The van der Waals surface area contributed by atoms with E-state index in [1.54, 1.807) is 0 Å². The van der Waals surface area contributed by atoms with Crippen molar-refractivity contribution < 1.29 is 4.79 Å². The van der Waals surface area contributed by atoms with Crippen molar-refractivity contribution in [3.8, 4) is 0 Å². The van der Waals surface area contributed by atoms with Crippen molar-refractivity contribution in [3.63, 3.8) is 0 Å². The maximum absolute atomic E-state index is 12.3. The monoisotopic (exact) mass is 367 g/mol. The van der Waals surface area contributed by atoms with Gasteiger partial charge in [-0.3, -0.25) is 9.48 Å². The third-order valence-electron chi connectivity index (χ3n) is 5.67. The smallest absolute Gasteiger partial charge is 0.241 e. The van der Waals surface area contributed by atoms with Crippen molar-refractivity contribution in [2.24, 2.45) is 0 Å². The van der Waals surface area contributed by atoms with Gasteiger partial charge in [-0.25, -0.2) is 0 Å². The van der Waals surface area contributed by atoms with E-state index in [4.69, 9.17) is 0 Å². The van der Waals surface area contributed by atoms with Crippen molar-refractivity contribution in [1.82, 2.24) is 20.4 Å². The summed E-state index contributed by atoms with van der Waals surface area (Å²) in [6.45, 7) is 5.15. The number of rotatable bonds is 7. The van der Waals surface area contributed by atoms with Crippen LogP contribution in [-0.4, -0.2) is 48.4 Å². The summed E-state index contributed by atoms with van der Waals surface area (Å²) in [6, 6.07) is 10.7. The number of nitrogens with zero attached hydrogens (tertiary/aromatic N) is 3. The van der Waals surface area contributed by atoms with E-state index < -0.39 is 0 Å². The fraction of sp³-hybridized carbons (Fsp3) is 0.524.